The summed E-state index contributed by atoms with van der Waals surface area (Å²) in [6.07, 6.45) is 3.15. The minimum absolute atomic E-state index is 0.0259. The van der Waals surface area contributed by atoms with Crippen molar-refractivity contribution < 1.29 is 22.7 Å². The standard InChI is InChI=1S/C18H25N3O5S/c1-27(24,25)19-15-7-5-14(6-8-15)17(22)20-9-3-10-21(12-11-20)18(23)16-4-2-13-26-16/h5-8,16,19H,2-4,9-13H2,1H3. The van der Waals surface area contributed by atoms with Crippen LogP contribution in [0.3, 0.4) is 0 Å². The van der Waals surface area contributed by atoms with Gasteiger partial charge in [0.2, 0.25) is 10.0 Å². The van der Waals surface area contributed by atoms with Gasteiger partial charge in [-0.2, -0.15) is 0 Å². The van der Waals surface area contributed by atoms with E-state index in [9.17, 15) is 18.0 Å². The molecular weight excluding hydrogens is 370 g/mol. The zero-order valence-electron chi connectivity index (χ0n) is 15.4. The molecule has 2 fully saturated rings. The van der Waals surface area contributed by atoms with Gasteiger partial charge >= 0.3 is 0 Å². The number of carbonyl (C=O) groups is 2. The average Bonchev–Trinajstić information content (AvgIpc) is 3.04. The Morgan fingerprint density at radius 2 is 1.70 bits per heavy atom. The molecule has 0 bridgehead atoms. The number of nitrogens with zero attached hydrogens (tertiary/aromatic N) is 2. The lowest BCUT2D eigenvalue weighted by Gasteiger charge is -2.24. The molecule has 0 aliphatic carbocycles. The van der Waals surface area contributed by atoms with Gasteiger partial charge in [-0.1, -0.05) is 0 Å². The van der Waals surface area contributed by atoms with E-state index in [2.05, 4.69) is 4.72 Å². The van der Waals surface area contributed by atoms with Crippen LogP contribution in [0.1, 0.15) is 29.6 Å². The number of benzene rings is 1. The number of hydrogen-bond donors (Lipinski definition) is 1. The molecule has 0 aromatic heterocycles. The maximum absolute atomic E-state index is 12.7. The molecule has 1 unspecified atom stereocenters. The molecule has 1 N–H and O–H groups in total. The van der Waals surface area contributed by atoms with E-state index in [1.807, 2.05) is 0 Å². The van der Waals surface area contributed by atoms with Gasteiger partial charge in [-0.15, -0.1) is 0 Å². The third kappa shape index (κ3) is 5.20. The van der Waals surface area contributed by atoms with Crippen LogP contribution in [0.2, 0.25) is 0 Å². The fourth-order valence-corrected chi connectivity index (χ4v) is 3.96. The minimum atomic E-state index is -3.35. The Morgan fingerprint density at radius 3 is 2.33 bits per heavy atom. The number of ether oxygens (including phenoxy) is 1. The Balaban J connectivity index is 1.59. The number of nitrogens with one attached hydrogen (secondary N) is 1. The van der Waals surface area contributed by atoms with E-state index in [-0.39, 0.29) is 17.9 Å². The largest absolute Gasteiger partial charge is 0.368 e. The van der Waals surface area contributed by atoms with Gasteiger partial charge in [-0.05, 0) is 43.5 Å². The van der Waals surface area contributed by atoms with Gasteiger partial charge in [0.05, 0.1) is 6.26 Å². The van der Waals surface area contributed by atoms with E-state index in [4.69, 9.17) is 4.74 Å². The number of sulfonamides is 1. The Hall–Kier alpha value is -2.13. The molecule has 1 aromatic carbocycles. The van der Waals surface area contributed by atoms with Crippen LogP contribution in [0, 0.1) is 0 Å². The Morgan fingerprint density at radius 1 is 1.04 bits per heavy atom. The van der Waals surface area contributed by atoms with E-state index in [1.54, 1.807) is 34.1 Å². The summed E-state index contributed by atoms with van der Waals surface area (Å²) in [6, 6.07) is 6.35. The van der Waals surface area contributed by atoms with Crippen LogP contribution < -0.4 is 4.72 Å². The minimum Gasteiger partial charge on any atom is -0.368 e. The molecule has 148 valence electrons. The van der Waals surface area contributed by atoms with Crippen LogP contribution in [0.5, 0.6) is 0 Å². The number of hydrogen-bond acceptors (Lipinski definition) is 5. The van der Waals surface area contributed by atoms with Gasteiger partial charge < -0.3 is 14.5 Å². The normalized spacial score (nSPS) is 21.0. The highest BCUT2D eigenvalue weighted by atomic mass is 32.2. The molecule has 8 nitrogen and oxygen atoms in total. The summed E-state index contributed by atoms with van der Waals surface area (Å²) in [5, 5.41) is 0. The van der Waals surface area contributed by atoms with Gasteiger partial charge in [0, 0.05) is 44.0 Å². The van der Waals surface area contributed by atoms with Crippen LogP contribution in [0.25, 0.3) is 0 Å². The first-order valence-electron chi connectivity index (χ1n) is 9.11. The lowest BCUT2D eigenvalue weighted by molar-refractivity contribution is -0.140. The summed E-state index contributed by atoms with van der Waals surface area (Å²) < 4.78 is 30.4. The van der Waals surface area contributed by atoms with E-state index in [1.165, 1.54) is 0 Å². The Kier molecular flexibility index (Phi) is 6.01. The summed E-state index contributed by atoms with van der Waals surface area (Å²) in [5.74, 6) is -0.0923. The highest BCUT2D eigenvalue weighted by Gasteiger charge is 2.30. The summed E-state index contributed by atoms with van der Waals surface area (Å²) in [4.78, 5) is 28.8. The van der Waals surface area contributed by atoms with Crippen molar-refractivity contribution in [3.63, 3.8) is 0 Å². The zero-order chi connectivity index (χ0) is 19.4. The lowest BCUT2D eigenvalue weighted by Crippen LogP contribution is -2.41. The third-order valence-electron chi connectivity index (χ3n) is 4.74. The topological polar surface area (TPSA) is 96.0 Å². The summed E-state index contributed by atoms with van der Waals surface area (Å²) in [5.41, 5.74) is 0.909. The molecular formula is C18H25N3O5S. The van der Waals surface area contributed by atoms with Gasteiger partial charge in [-0.25, -0.2) is 8.42 Å². The maximum Gasteiger partial charge on any atom is 0.253 e. The summed E-state index contributed by atoms with van der Waals surface area (Å²) in [7, 11) is -3.35. The van der Waals surface area contributed by atoms with E-state index >= 15 is 0 Å². The van der Waals surface area contributed by atoms with Crippen molar-refractivity contribution in [2.45, 2.75) is 25.4 Å². The molecule has 0 saturated carbocycles. The first-order chi connectivity index (χ1) is 12.8. The molecule has 9 heteroatoms. The predicted molar refractivity (Wildman–Crippen MR) is 101 cm³/mol. The number of amides is 2. The second kappa shape index (κ2) is 8.26. The molecule has 2 aliphatic rings. The molecule has 2 amide bonds. The molecule has 1 aromatic rings. The highest BCUT2D eigenvalue weighted by Crippen LogP contribution is 2.17. The Labute approximate surface area is 159 Å². The lowest BCUT2D eigenvalue weighted by atomic mass is 10.2. The van der Waals surface area contributed by atoms with Crippen molar-refractivity contribution in [1.82, 2.24) is 9.80 Å². The quantitative estimate of drug-likeness (QED) is 0.818. The van der Waals surface area contributed by atoms with Crippen molar-refractivity contribution in [3.8, 4) is 0 Å². The third-order valence-corrected chi connectivity index (χ3v) is 5.34. The van der Waals surface area contributed by atoms with Crippen LogP contribution in [0.4, 0.5) is 5.69 Å². The molecule has 1 atom stereocenters. The summed E-state index contributed by atoms with van der Waals surface area (Å²) >= 11 is 0. The van der Waals surface area contributed by atoms with Crippen molar-refractivity contribution in [1.29, 1.82) is 0 Å². The SMILES string of the molecule is CS(=O)(=O)Nc1ccc(C(=O)N2CCCN(C(=O)C3CCCO3)CC2)cc1. The number of rotatable bonds is 4. The van der Waals surface area contributed by atoms with Gasteiger partial charge in [-0.3, -0.25) is 14.3 Å². The average molecular weight is 395 g/mol. The van der Waals surface area contributed by atoms with Crippen LogP contribution in [-0.4, -0.2) is 75.2 Å². The smallest absolute Gasteiger partial charge is 0.253 e. The van der Waals surface area contributed by atoms with Gasteiger partial charge in [0.15, 0.2) is 0 Å². The molecule has 27 heavy (non-hydrogen) atoms. The molecule has 2 heterocycles. The fourth-order valence-electron chi connectivity index (χ4n) is 3.39. The highest BCUT2D eigenvalue weighted by molar-refractivity contribution is 7.92. The molecule has 3 rings (SSSR count). The van der Waals surface area contributed by atoms with E-state index in [0.717, 1.165) is 25.5 Å². The number of anilines is 1. The van der Waals surface area contributed by atoms with Crippen LogP contribution in [0.15, 0.2) is 24.3 Å². The van der Waals surface area contributed by atoms with E-state index in [0.29, 0.717) is 44.0 Å². The fraction of sp³-hybridized carbons (Fsp3) is 0.556. The maximum atomic E-state index is 12.7. The second-order valence-corrected chi connectivity index (χ2v) is 8.67. The Bertz CT molecular complexity index is 788. The molecule has 0 radical (unpaired) electrons. The molecule has 2 saturated heterocycles. The van der Waals surface area contributed by atoms with Crippen LogP contribution in [-0.2, 0) is 19.6 Å². The number of carbonyl (C=O) groups excluding carboxylic acids is 2. The predicted octanol–water partition coefficient (Wildman–Crippen LogP) is 0.912. The monoisotopic (exact) mass is 395 g/mol. The molecule has 2 aliphatic heterocycles. The van der Waals surface area contributed by atoms with Gasteiger partial charge in [0.1, 0.15) is 6.10 Å². The van der Waals surface area contributed by atoms with Crippen molar-refractivity contribution in [3.05, 3.63) is 29.8 Å². The van der Waals surface area contributed by atoms with E-state index < -0.39 is 10.0 Å². The first-order valence-corrected chi connectivity index (χ1v) is 11.0. The van der Waals surface area contributed by atoms with Gasteiger partial charge in [0.25, 0.3) is 11.8 Å². The van der Waals surface area contributed by atoms with Crippen LogP contribution >= 0.6 is 0 Å². The van der Waals surface area contributed by atoms with Crippen molar-refractivity contribution >= 4 is 27.5 Å². The van der Waals surface area contributed by atoms with Crippen molar-refractivity contribution in [2.24, 2.45) is 0 Å². The first kappa shape index (κ1) is 19.6. The second-order valence-electron chi connectivity index (χ2n) is 6.92. The van der Waals surface area contributed by atoms with Crippen molar-refractivity contribution in [2.75, 3.05) is 43.8 Å². The zero-order valence-corrected chi connectivity index (χ0v) is 16.2. The molecule has 0 spiro atoms. The summed E-state index contributed by atoms with van der Waals surface area (Å²) in [6.45, 7) is 2.81.